The van der Waals surface area contributed by atoms with Gasteiger partial charge in [0.25, 0.3) is 0 Å². The van der Waals surface area contributed by atoms with Gasteiger partial charge in [-0.3, -0.25) is 14.9 Å². The van der Waals surface area contributed by atoms with Crippen LogP contribution in [0.1, 0.15) is 10.4 Å². The lowest BCUT2D eigenvalue weighted by Crippen LogP contribution is -2.10. The Kier molecular flexibility index (Phi) is 3.54. The highest BCUT2D eigenvalue weighted by Gasteiger charge is 2.16. The van der Waals surface area contributed by atoms with Crippen molar-refractivity contribution < 1.29 is 24.4 Å². The minimum Gasteiger partial charge on any atom is -0.479 e. The van der Waals surface area contributed by atoms with Crippen molar-refractivity contribution in [1.82, 2.24) is 0 Å². The summed E-state index contributed by atoms with van der Waals surface area (Å²) in [5.41, 5.74) is -0.319. The number of ether oxygens (including phenoxy) is 1. The van der Waals surface area contributed by atoms with Crippen LogP contribution in [0.2, 0.25) is 0 Å². The number of hydrogen-bond acceptors (Lipinski definition) is 5. The number of carbonyl (C=O) groups is 2. The minimum atomic E-state index is -1.24. The van der Waals surface area contributed by atoms with Crippen molar-refractivity contribution in [2.75, 3.05) is 6.61 Å². The van der Waals surface area contributed by atoms with Gasteiger partial charge in [0.15, 0.2) is 12.4 Å². The Morgan fingerprint density at radius 2 is 2.25 bits per heavy atom. The van der Waals surface area contributed by atoms with E-state index in [4.69, 9.17) is 9.84 Å². The molecule has 1 N–H and O–H groups in total. The van der Waals surface area contributed by atoms with Crippen LogP contribution in [-0.2, 0) is 4.79 Å². The monoisotopic (exact) mass is 225 g/mol. The molecule has 7 nitrogen and oxygen atoms in total. The molecule has 16 heavy (non-hydrogen) atoms. The number of carboxylic acids is 1. The Balaban J connectivity index is 3.03. The number of carbonyl (C=O) groups excluding carboxylic acids is 1. The first-order chi connectivity index (χ1) is 7.54. The third-order valence-electron chi connectivity index (χ3n) is 1.67. The average Bonchev–Trinajstić information content (AvgIpc) is 2.25. The third kappa shape index (κ3) is 2.77. The number of benzene rings is 1. The largest absolute Gasteiger partial charge is 0.479 e. The highest BCUT2D eigenvalue weighted by atomic mass is 16.6. The molecule has 0 atom stereocenters. The van der Waals surface area contributed by atoms with Gasteiger partial charge in [-0.15, -0.1) is 0 Å². The summed E-state index contributed by atoms with van der Waals surface area (Å²) in [7, 11) is 0. The topological polar surface area (TPSA) is 107 Å². The van der Waals surface area contributed by atoms with Crippen molar-refractivity contribution in [2.45, 2.75) is 0 Å². The van der Waals surface area contributed by atoms with Crippen LogP contribution >= 0.6 is 0 Å². The van der Waals surface area contributed by atoms with Crippen LogP contribution < -0.4 is 4.74 Å². The van der Waals surface area contributed by atoms with Crippen molar-refractivity contribution in [3.63, 3.8) is 0 Å². The van der Waals surface area contributed by atoms with Gasteiger partial charge in [0.05, 0.1) is 4.92 Å². The van der Waals surface area contributed by atoms with Gasteiger partial charge >= 0.3 is 11.7 Å². The lowest BCUT2D eigenvalue weighted by atomic mass is 10.2. The molecule has 0 aliphatic heterocycles. The number of nitrogens with zero attached hydrogens (tertiary/aromatic N) is 1. The molecule has 0 aliphatic rings. The molecule has 0 heterocycles. The van der Waals surface area contributed by atoms with Gasteiger partial charge in [-0.1, -0.05) is 0 Å². The molecule has 1 aromatic rings. The van der Waals surface area contributed by atoms with E-state index in [0.29, 0.717) is 6.29 Å². The summed E-state index contributed by atoms with van der Waals surface area (Å²) >= 11 is 0. The fraction of sp³-hybridized carbons (Fsp3) is 0.111. The summed E-state index contributed by atoms with van der Waals surface area (Å²) < 4.78 is 4.70. The summed E-state index contributed by atoms with van der Waals surface area (Å²) in [5.74, 6) is -1.42. The predicted octanol–water partition coefficient (Wildman–Crippen LogP) is 0.871. The number of rotatable bonds is 5. The van der Waals surface area contributed by atoms with E-state index in [9.17, 15) is 19.7 Å². The highest BCUT2D eigenvalue weighted by Crippen LogP contribution is 2.27. The van der Waals surface area contributed by atoms with E-state index < -0.39 is 23.2 Å². The quantitative estimate of drug-likeness (QED) is 0.452. The van der Waals surface area contributed by atoms with Gasteiger partial charge in [0.1, 0.15) is 6.29 Å². The average molecular weight is 225 g/mol. The van der Waals surface area contributed by atoms with Gasteiger partial charge in [-0.2, -0.15) is 0 Å². The van der Waals surface area contributed by atoms with Crippen LogP contribution in [0.5, 0.6) is 5.75 Å². The second kappa shape index (κ2) is 4.87. The lowest BCUT2D eigenvalue weighted by Gasteiger charge is -2.03. The van der Waals surface area contributed by atoms with Gasteiger partial charge in [0.2, 0.25) is 0 Å². The van der Waals surface area contributed by atoms with Crippen molar-refractivity contribution in [2.24, 2.45) is 0 Å². The smallest absolute Gasteiger partial charge is 0.341 e. The van der Waals surface area contributed by atoms with Crippen LogP contribution in [0.4, 0.5) is 5.69 Å². The summed E-state index contributed by atoms with van der Waals surface area (Å²) in [6, 6.07) is 3.51. The van der Waals surface area contributed by atoms with Crippen molar-refractivity contribution in [3.8, 4) is 5.75 Å². The molecule has 0 saturated carbocycles. The number of aldehydes is 1. The van der Waals surface area contributed by atoms with Crippen LogP contribution in [0.25, 0.3) is 0 Å². The third-order valence-corrected chi connectivity index (χ3v) is 1.67. The zero-order valence-electron chi connectivity index (χ0n) is 7.95. The van der Waals surface area contributed by atoms with Crippen molar-refractivity contribution >= 4 is 17.9 Å². The fourth-order valence-electron chi connectivity index (χ4n) is 1.01. The van der Waals surface area contributed by atoms with Crippen molar-refractivity contribution in [1.29, 1.82) is 0 Å². The predicted molar refractivity (Wildman–Crippen MR) is 51.6 cm³/mol. The Morgan fingerprint density at radius 1 is 1.56 bits per heavy atom. The van der Waals surface area contributed by atoms with Gasteiger partial charge in [-0.25, -0.2) is 4.79 Å². The maximum absolute atomic E-state index is 10.6. The number of aliphatic carboxylic acids is 1. The Hall–Kier alpha value is -2.44. The molecule has 0 unspecified atom stereocenters. The van der Waals surface area contributed by atoms with Gasteiger partial charge in [-0.05, 0) is 12.1 Å². The van der Waals surface area contributed by atoms with Gasteiger partial charge < -0.3 is 9.84 Å². The molecule has 0 aliphatic carbocycles. The van der Waals surface area contributed by atoms with E-state index in [2.05, 4.69) is 0 Å². The second-order valence-corrected chi connectivity index (χ2v) is 2.78. The lowest BCUT2D eigenvalue weighted by molar-refractivity contribution is -0.385. The molecule has 0 bridgehead atoms. The molecule has 0 amide bonds. The zero-order chi connectivity index (χ0) is 12.1. The summed E-state index contributed by atoms with van der Waals surface area (Å²) in [6.45, 7) is -0.679. The molecule has 0 aromatic heterocycles. The normalized spacial score (nSPS) is 9.50. The Morgan fingerprint density at radius 3 is 2.75 bits per heavy atom. The summed E-state index contributed by atoms with van der Waals surface area (Å²) in [6.07, 6.45) is 0.452. The standard InChI is InChI=1S/C9H7NO6/c11-4-6-1-2-8(16-5-9(12)13)7(3-6)10(14)15/h1-4H,5H2,(H,12,13). The molecule has 7 heteroatoms. The van der Waals surface area contributed by atoms with E-state index in [-0.39, 0.29) is 11.3 Å². The number of nitro benzene ring substituents is 1. The molecular weight excluding hydrogens is 218 g/mol. The van der Waals surface area contributed by atoms with E-state index in [1.807, 2.05) is 0 Å². The molecule has 0 fully saturated rings. The van der Waals surface area contributed by atoms with Crippen LogP contribution in [0.3, 0.4) is 0 Å². The first-order valence-corrected chi connectivity index (χ1v) is 4.13. The van der Waals surface area contributed by atoms with Crippen LogP contribution in [-0.4, -0.2) is 28.9 Å². The molecule has 0 spiro atoms. The van der Waals surface area contributed by atoms with Crippen LogP contribution in [0, 0.1) is 10.1 Å². The van der Waals surface area contributed by atoms with Gasteiger partial charge in [0, 0.05) is 11.6 Å². The summed E-state index contributed by atoms with van der Waals surface area (Å²) in [5, 5.41) is 19.0. The molecule has 1 rings (SSSR count). The zero-order valence-corrected chi connectivity index (χ0v) is 7.95. The first kappa shape index (κ1) is 11.6. The molecular formula is C9H7NO6. The van der Waals surface area contributed by atoms with E-state index >= 15 is 0 Å². The molecule has 1 aromatic carbocycles. The van der Waals surface area contributed by atoms with Crippen LogP contribution in [0.15, 0.2) is 18.2 Å². The fourth-order valence-corrected chi connectivity index (χ4v) is 1.01. The van der Waals surface area contributed by atoms with Crippen molar-refractivity contribution in [3.05, 3.63) is 33.9 Å². The first-order valence-electron chi connectivity index (χ1n) is 4.13. The minimum absolute atomic E-state index is 0.120. The second-order valence-electron chi connectivity index (χ2n) is 2.78. The summed E-state index contributed by atoms with van der Waals surface area (Å²) in [4.78, 5) is 30.5. The highest BCUT2D eigenvalue weighted by molar-refractivity contribution is 5.77. The number of nitro groups is 1. The number of hydrogen-bond donors (Lipinski definition) is 1. The SMILES string of the molecule is O=Cc1ccc(OCC(=O)O)c([N+](=O)[O-])c1. The maximum Gasteiger partial charge on any atom is 0.341 e. The Labute approximate surface area is 89.4 Å². The number of carboxylic acid groups (broad SMARTS) is 1. The Bertz CT molecular complexity index is 442. The van der Waals surface area contributed by atoms with E-state index in [1.165, 1.54) is 12.1 Å². The molecule has 0 radical (unpaired) electrons. The maximum atomic E-state index is 10.6. The van der Waals surface area contributed by atoms with E-state index in [0.717, 1.165) is 6.07 Å². The molecule has 0 saturated heterocycles. The van der Waals surface area contributed by atoms with E-state index in [1.54, 1.807) is 0 Å². The molecule has 84 valence electrons.